The molecule has 1 rings (SSSR count). The molecule has 0 aromatic carbocycles. The summed E-state index contributed by atoms with van der Waals surface area (Å²) in [6, 6.07) is 0. The highest BCUT2D eigenvalue weighted by molar-refractivity contribution is 6.24. The molecule has 1 atom stereocenters. The topological polar surface area (TPSA) is 37.3 Å². The maximum Gasteiger partial charge on any atom is 0.161 e. The lowest BCUT2D eigenvalue weighted by molar-refractivity contribution is -0.105. The molecule has 60 valence electrons. The normalized spacial score (nSPS) is 24.9. The van der Waals surface area contributed by atoms with Gasteiger partial charge >= 0.3 is 0 Å². The fourth-order valence-electron chi connectivity index (χ4n) is 0.813. The number of hydrogen-bond acceptors (Lipinski definition) is 2. The molecule has 0 radical (unpaired) electrons. The van der Waals surface area contributed by atoms with Gasteiger partial charge in [0.15, 0.2) is 5.83 Å². The van der Waals surface area contributed by atoms with E-state index >= 15 is 0 Å². The van der Waals surface area contributed by atoms with Crippen LogP contribution in [0.5, 0.6) is 0 Å². The number of rotatable bonds is 1. The Balaban J connectivity index is 2.95. The predicted octanol–water partition coefficient (Wildman–Crippen LogP) is 1.86. The van der Waals surface area contributed by atoms with Crippen molar-refractivity contribution in [1.82, 2.24) is 0 Å². The van der Waals surface area contributed by atoms with E-state index in [1.165, 1.54) is 0 Å². The van der Waals surface area contributed by atoms with Crippen LogP contribution in [0.25, 0.3) is 0 Å². The van der Waals surface area contributed by atoms with Crippen molar-refractivity contribution < 1.29 is 14.3 Å². The Labute approximate surface area is 68.0 Å². The first-order valence-corrected chi connectivity index (χ1v) is 3.47. The van der Waals surface area contributed by atoms with Crippen molar-refractivity contribution in [3.63, 3.8) is 0 Å². The number of carbonyl (C=O) groups is 1. The molecule has 0 saturated carbocycles. The van der Waals surface area contributed by atoms with Crippen molar-refractivity contribution in [2.75, 3.05) is 0 Å². The highest BCUT2D eigenvalue weighted by Crippen LogP contribution is 2.25. The van der Waals surface area contributed by atoms with Crippen LogP contribution >= 0.6 is 11.6 Å². The number of halogens is 2. The van der Waals surface area contributed by atoms with E-state index < -0.39 is 17.0 Å². The molecule has 2 nitrogen and oxygen atoms in total. The minimum atomic E-state index is -0.774. The lowest BCUT2D eigenvalue weighted by atomic mass is 10.0. The Morgan fingerprint density at radius 2 is 2.45 bits per heavy atom. The van der Waals surface area contributed by atoms with Crippen molar-refractivity contribution >= 4 is 17.9 Å². The first-order chi connectivity index (χ1) is 5.15. The van der Waals surface area contributed by atoms with Crippen LogP contribution in [0.15, 0.2) is 23.2 Å². The van der Waals surface area contributed by atoms with Gasteiger partial charge in [-0.05, 0) is 6.08 Å². The van der Waals surface area contributed by atoms with Crippen molar-refractivity contribution in [1.29, 1.82) is 0 Å². The molecule has 1 N–H and O–H groups in total. The van der Waals surface area contributed by atoms with E-state index in [2.05, 4.69) is 0 Å². The Bertz CT molecular complexity index is 245. The number of hydrogen-bond donors (Lipinski definition) is 1. The molecule has 1 aliphatic carbocycles. The number of alkyl halides is 1. The highest BCUT2D eigenvalue weighted by Gasteiger charge is 2.20. The molecule has 0 aliphatic heterocycles. The Morgan fingerprint density at radius 3 is 3.00 bits per heavy atom. The summed E-state index contributed by atoms with van der Waals surface area (Å²) < 4.78 is 12.5. The summed E-state index contributed by atoms with van der Waals surface area (Å²) in [6.45, 7) is 0. The van der Waals surface area contributed by atoms with Gasteiger partial charge in [0.2, 0.25) is 0 Å². The fourth-order valence-corrected chi connectivity index (χ4v) is 1.07. The van der Waals surface area contributed by atoms with Crippen LogP contribution in [0.3, 0.4) is 0 Å². The molecule has 0 spiro atoms. The van der Waals surface area contributed by atoms with Crippen LogP contribution < -0.4 is 0 Å². The summed E-state index contributed by atoms with van der Waals surface area (Å²) in [4.78, 5) is 10.2. The molecule has 1 unspecified atom stereocenters. The minimum absolute atomic E-state index is 0.0159. The molecule has 0 amide bonds. The average molecular weight is 177 g/mol. The van der Waals surface area contributed by atoms with E-state index in [1.807, 2.05) is 0 Å². The molecule has 0 fully saturated rings. The second kappa shape index (κ2) is 3.05. The van der Waals surface area contributed by atoms with Crippen LogP contribution in [-0.4, -0.2) is 16.8 Å². The lowest BCUT2D eigenvalue weighted by Crippen LogP contribution is -2.11. The van der Waals surface area contributed by atoms with Gasteiger partial charge in [-0.2, -0.15) is 0 Å². The molecule has 0 saturated heterocycles. The van der Waals surface area contributed by atoms with Crippen molar-refractivity contribution in [3.05, 3.63) is 23.2 Å². The molecule has 1 aliphatic rings. The van der Waals surface area contributed by atoms with Gasteiger partial charge in [-0.15, -0.1) is 11.6 Å². The van der Waals surface area contributed by atoms with Crippen LogP contribution in [0.2, 0.25) is 0 Å². The quantitative estimate of drug-likeness (QED) is 0.489. The van der Waals surface area contributed by atoms with Gasteiger partial charge in [-0.25, -0.2) is 4.39 Å². The van der Waals surface area contributed by atoms with E-state index in [0.717, 1.165) is 6.08 Å². The third kappa shape index (κ3) is 1.60. The highest BCUT2D eigenvalue weighted by atomic mass is 35.5. The molecule has 0 aromatic heterocycles. The lowest BCUT2D eigenvalue weighted by Gasteiger charge is -2.13. The second-order valence-corrected chi connectivity index (χ2v) is 2.76. The molecular weight excluding hydrogens is 171 g/mol. The SMILES string of the molecule is O=CC1=CC(F)=C(O)CC1Cl. The van der Waals surface area contributed by atoms with Gasteiger partial charge in [-0.1, -0.05) is 0 Å². The van der Waals surface area contributed by atoms with Crippen molar-refractivity contribution in [3.8, 4) is 0 Å². The molecule has 0 heterocycles. The smallest absolute Gasteiger partial charge is 0.161 e. The molecule has 11 heavy (non-hydrogen) atoms. The summed E-state index contributed by atoms with van der Waals surface area (Å²) in [5.41, 5.74) is 0.168. The molecule has 0 bridgehead atoms. The van der Waals surface area contributed by atoms with Gasteiger partial charge in [0, 0.05) is 12.0 Å². The summed E-state index contributed by atoms with van der Waals surface area (Å²) in [5.74, 6) is -1.17. The van der Waals surface area contributed by atoms with Gasteiger partial charge in [0.25, 0.3) is 0 Å². The average Bonchev–Trinajstić information content (AvgIpc) is 1.97. The van der Waals surface area contributed by atoms with Gasteiger partial charge in [-0.3, -0.25) is 4.79 Å². The van der Waals surface area contributed by atoms with E-state index in [1.54, 1.807) is 0 Å². The zero-order chi connectivity index (χ0) is 8.43. The predicted molar refractivity (Wildman–Crippen MR) is 39.2 cm³/mol. The number of aliphatic hydroxyl groups excluding tert-OH is 1. The van der Waals surface area contributed by atoms with E-state index in [4.69, 9.17) is 16.7 Å². The van der Waals surface area contributed by atoms with Crippen LogP contribution in [0.1, 0.15) is 6.42 Å². The van der Waals surface area contributed by atoms with Crippen molar-refractivity contribution in [2.24, 2.45) is 0 Å². The maximum atomic E-state index is 12.5. The number of aliphatic hydroxyl groups is 1. The van der Waals surface area contributed by atoms with Gasteiger partial charge in [0.05, 0.1) is 5.38 Å². The Kier molecular flexibility index (Phi) is 2.29. The van der Waals surface area contributed by atoms with Gasteiger partial charge in [0.1, 0.15) is 12.0 Å². The number of allylic oxidation sites excluding steroid dienone is 4. The molecular formula is C7H6ClFO2. The summed E-state index contributed by atoms with van der Waals surface area (Å²) in [6.07, 6.45) is 1.42. The molecule has 4 heteroatoms. The monoisotopic (exact) mass is 176 g/mol. The zero-order valence-electron chi connectivity index (χ0n) is 5.55. The van der Waals surface area contributed by atoms with Crippen molar-refractivity contribution in [2.45, 2.75) is 11.8 Å². The summed E-state index contributed by atoms with van der Waals surface area (Å²) in [5, 5.41) is 8.22. The number of aldehydes is 1. The second-order valence-electron chi connectivity index (χ2n) is 2.23. The first-order valence-electron chi connectivity index (χ1n) is 3.03. The van der Waals surface area contributed by atoms with Crippen LogP contribution in [0.4, 0.5) is 4.39 Å². The molecule has 0 aromatic rings. The van der Waals surface area contributed by atoms with E-state index in [0.29, 0.717) is 6.29 Å². The van der Waals surface area contributed by atoms with E-state index in [-0.39, 0.29) is 12.0 Å². The standard InChI is InChI=1S/C7H6ClFO2/c8-5-2-7(11)6(9)1-4(5)3-10/h1,3,5,11H,2H2. The third-order valence-electron chi connectivity index (χ3n) is 1.44. The summed E-state index contributed by atoms with van der Waals surface area (Å²) >= 11 is 5.58. The van der Waals surface area contributed by atoms with Gasteiger partial charge < -0.3 is 5.11 Å². The largest absolute Gasteiger partial charge is 0.509 e. The fraction of sp³-hybridized carbons (Fsp3) is 0.286. The summed E-state index contributed by atoms with van der Waals surface area (Å²) in [7, 11) is 0. The Morgan fingerprint density at radius 1 is 1.82 bits per heavy atom. The number of carbonyl (C=O) groups excluding carboxylic acids is 1. The first kappa shape index (κ1) is 8.27. The van der Waals surface area contributed by atoms with E-state index in [9.17, 15) is 9.18 Å². The Hall–Kier alpha value is -0.830. The maximum absolute atomic E-state index is 12.5. The van der Waals surface area contributed by atoms with Crippen LogP contribution in [-0.2, 0) is 4.79 Å². The zero-order valence-corrected chi connectivity index (χ0v) is 6.31. The minimum Gasteiger partial charge on any atom is -0.509 e. The third-order valence-corrected chi connectivity index (χ3v) is 1.85. The van der Waals surface area contributed by atoms with Crippen LogP contribution in [0, 0.1) is 0 Å².